The number of piperidine rings is 1. The Kier molecular flexibility index (Phi) is 6.20. The number of sulfonamides is 1. The van der Waals surface area contributed by atoms with Crippen LogP contribution in [0.15, 0.2) is 29.2 Å². The Morgan fingerprint density at radius 2 is 1.94 bits per heavy atom. The lowest BCUT2D eigenvalue weighted by Crippen LogP contribution is -2.41. The van der Waals surface area contributed by atoms with E-state index in [1.807, 2.05) is 6.92 Å². The predicted octanol–water partition coefficient (Wildman–Crippen LogP) is 4.56. The molecular formula is C23H27N3O3S2. The molecule has 6 nitrogen and oxygen atoms in total. The lowest BCUT2D eigenvalue weighted by molar-refractivity contribution is 0.102. The van der Waals surface area contributed by atoms with Gasteiger partial charge in [-0.2, -0.15) is 9.57 Å². The first-order chi connectivity index (χ1) is 14.8. The Morgan fingerprint density at radius 3 is 2.61 bits per heavy atom. The maximum absolute atomic E-state index is 13.0. The summed E-state index contributed by atoms with van der Waals surface area (Å²) >= 11 is 1.48. The number of nitrogens with zero attached hydrogens (tertiary/aromatic N) is 2. The van der Waals surface area contributed by atoms with E-state index in [9.17, 15) is 18.5 Å². The second-order valence-electron chi connectivity index (χ2n) is 8.61. The van der Waals surface area contributed by atoms with Gasteiger partial charge in [-0.3, -0.25) is 4.79 Å². The lowest BCUT2D eigenvalue weighted by atomic mass is 9.88. The van der Waals surface area contributed by atoms with Crippen molar-refractivity contribution in [2.24, 2.45) is 5.92 Å². The summed E-state index contributed by atoms with van der Waals surface area (Å²) in [6.07, 6.45) is 5.64. The summed E-state index contributed by atoms with van der Waals surface area (Å²) < 4.78 is 27.5. The second-order valence-corrected chi connectivity index (χ2v) is 11.6. The smallest absolute Gasteiger partial charge is 0.256 e. The summed E-state index contributed by atoms with van der Waals surface area (Å²) in [5, 5.41) is 13.1. The number of hydrogen-bond acceptors (Lipinski definition) is 5. The molecule has 0 saturated carbocycles. The SMILES string of the molecule is C[C@H]1CCc2c(sc(NC(=O)c3ccc(S(=O)(=O)N4CCCC[C@H]4C)cc3)c2C#N)C1. The number of amides is 1. The van der Waals surface area contributed by atoms with Gasteiger partial charge in [-0.05, 0) is 74.8 Å². The molecule has 4 rings (SSSR count). The van der Waals surface area contributed by atoms with E-state index in [-0.39, 0.29) is 16.8 Å². The standard InChI is InChI=1S/C23H27N3O3S2/c1-15-6-11-19-20(14-24)23(30-21(19)13-15)25-22(27)17-7-9-18(10-8-17)31(28,29)26-12-4-3-5-16(26)2/h7-10,15-16H,3-6,11-13H2,1-2H3,(H,25,27)/t15-,16+/m0/s1. The second kappa shape index (κ2) is 8.73. The molecule has 1 fully saturated rings. The first kappa shape index (κ1) is 22.0. The van der Waals surface area contributed by atoms with Crippen LogP contribution in [0.5, 0.6) is 0 Å². The minimum absolute atomic E-state index is 0.0151. The molecule has 1 aromatic carbocycles. The highest BCUT2D eigenvalue weighted by atomic mass is 32.2. The molecule has 2 aliphatic rings. The van der Waals surface area contributed by atoms with Gasteiger partial charge in [0.25, 0.3) is 5.91 Å². The quantitative estimate of drug-likeness (QED) is 0.729. The van der Waals surface area contributed by atoms with Crippen LogP contribution in [-0.4, -0.2) is 31.2 Å². The Morgan fingerprint density at radius 1 is 1.19 bits per heavy atom. The molecule has 0 bridgehead atoms. The molecule has 31 heavy (non-hydrogen) atoms. The highest BCUT2D eigenvalue weighted by Crippen LogP contribution is 2.39. The van der Waals surface area contributed by atoms with E-state index in [1.54, 1.807) is 16.4 Å². The fraction of sp³-hybridized carbons (Fsp3) is 0.478. The molecule has 1 aromatic heterocycles. The summed E-state index contributed by atoms with van der Waals surface area (Å²) in [5.41, 5.74) is 2.01. The average Bonchev–Trinajstić information content (AvgIpc) is 3.09. The molecule has 2 heterocycles. The van der Waals surface area contributed by atoms with Crippen LogP contribution in [0.2, 0.25) is 0 Å². The van der Waals surface area contributed by atoms with Gasteiger partial charge in [0, 0.05) is 23.0 Å². The molecule has 1 aliphatic carbocycles. The van der Waals surface area contributed by atoms with Gasteiger partial charge in [-0.1, -0.05) is 13.3 Å². The molecule has 0 radical (unpaired) electrons. The molecule has 2 atom stereocenters. The Hall–Kier alpha value is -2.21. The molecule has 2 aromatic rings. The molecule has 1 saturated heterocycles. The summed E-state index contributed by atoms with van der Waals surface area (Å²) in [6, 6.07) is 8.32. The molecule has 8 heteroatoms. The highest BCUT2D eigenvalue weighted by molar-refractivity contribution is 7.89. The van der Waals surface area contributed by atoms with Gasteiger partial charge in [0.2, 0.25) is 10.0 Å². The number of anilines is 1. The van der Waals surface area contributed by atoms with E-state index in [4.69, 9.17) is 0 Å². The molecular weight excluding hydrogens is 430 g/mol. The van der Waals surface area contributed by atoms with E-state index in [0.29, 0.717) is 28.6 Å². The van der Waals surface area contributed by atoms with Crippen LogP contribution in [0.4, 0.5) is 5.00 Å². The van der Waals surface area contributed by atoms with Crippen molar-refractivity contribution in [2.75, 3.05) is 11.9 Å². The van der Waals surface area contributed by atoms with E-state index < -0.39 is 10.0 Å². The maximum atomic E-state index is 13.0. The van der Waals surface area contributed by atoms with Crippen LogP contribution in [-0.2, 0) is 22.9 Å². The van der Waals surface area contributed by atoms with Crippen LogP contribution >= 0.6 is 11.3 Å². The maximum Gasteiger partial charge on any atom is 0.256 e. The van der Waals surface area contributed by atoms with Crippen LogP contribution in [0.25, 0.3) is 0 Å². The number of nitrogens with one attached hydrogen (secondary N) is 1. The van der Waals surface area contributed by atoms with Gasteiger partial charge in [-0.25, -0.2) is 8.42 Å². The zero-order valence-electron chi connectivity index (χ0n) is 17.8. The third-order valence-corrected chi connectivity index (χ3v) is 9.51. The average molecular weight is 458 g/mol. The number of hydrogen-bond donors (Lipinski definition) is 1. The minimum Gasteiger partial charge on any atom is -0.312 e. The third-order valence-electron chi connectivity index (χ3n) is 6.32. The summed E-state index contributed by atoms with van der Waals surface area (Å²) in [6.45, 7) is 4.67. The lowest BCUT2D eigenvalue weighted by Gasteiger charge is -2.32. The van der Waals surface area contributed by atoms with Gasteiger partial charge in [0.1, 0.15) is 11.1 Å². The molecule has 1 N–H and O–H groups in total. The molecule has 0 unspecified atom stereocenters. The summed E-state index contributed by atoms with van der Waals surface area (Å²) in [5.74, 6) is 0.247. The fourth-order valence-corrected chi connectivity index (χ4v) is 7.53. The van der Waals surface area contributed by atoms with Crippen molar-refractivity contribution in [3.05, 3.63) is 45.8 Å². The van der Waals surface area contributed by atoms with Crippen LogP contribution in [0.1, 0.15) is 65.9 Å². The summed E-state index contributed by atoms with van der Waals surface area (Å²) in [4.78, 5) is 14.2. The van der Waals surface area contributed by atoms with Crippen LogP contribution in [0.3, 0.4) is 0 Å². The first-order valence-electron chi connectivity index (χ1n) is 10.8. The normalized spacial score (nSPS) is 21.8. The predicted molar refractivity (Wildman–Crippen MR) is 122 cm³/mol. The van der Waals surface area contributed by atoms with Crippen molar-refractivity contribution in [3.63, 3.8) is 0 Å². The first-order valence-corrected chi connectivity index (χ1v) is 13.0. The van der Waals surface area contributed by atoms with Gasteiger partial charge >= 0.3 is 0 Å². The van der Waals surface area contributed by atoms with Crippen molar-refractivity contribution >= 4 is 32.3 Å². The topological polar surface area (TPSA) is 90.3 Å². The zero-order valence-corrected chi connectivity index (χ0v) is 19.5. The van der Waals surface area contributed by atoms with Gasteiger partial charge < -0.3 is 5.32 Å². The number of carbonyl (C=O) groups is 1. The van der Waals surface area contributed by atoms with Crippen molar-refractivity contribution in [3.8, 4) is 6.07 Å². The highest BCUT2D eigenvalue weighted by Gasteiger charge is 2.31. The minimum atomic E-state index is -3.57. The molecule has 1 amide bonds. The number of thiophene rings is 1. The van der Waals surface area contributed by atoms with E-state index in [0.717, 1.165) is 44.1 Å². The van der Waals surface area contributed by atoms with Crippen molar-refractivity contribution in [2.45, 2.75) is 63.3 Å². The van der Waals surface area contributed by atoms with E-state index in [1.165, 1.54) is 28.3 Å². The number of fused-ring (bicyclic) bond motifs is 1. The Labute approximate surface area is 187 Å². The van der Waals surface area contributed by atoms with Crippen molar-refractivity contribution in [1.29, 1.82) is 5.26 Å². The monoisotopic (exact) mass is 457 g/mol. The van der Waals surface area contributed by atoms with E-state index in [2.05, 4.69) is 18.3 Å². The van der Waals surface area contributed by atoms with Gasteiger partial charge in [-0.15, -0.1) is 11.3 Å². The third kappa shape index (κ3) is 4.27. The van der Waals surface area contributed by atoms with Crippen molar-refractivity contribution in [1.82, 2.24) is 4.31 Å². The van der Waals surface area contributed by atoms with Gasteiger partial charge in [0.15, 0.2) is 0 Å². The number of benzene rings is 1. The number of rotatable bonds is 4. The van der Waals surface area contributed by atoms with Crippen molar-refractivity contribution < 1.29 is 13.2 Å². The Balaban J connectivity index is 1.53. The molecule has 1 aliphatic heterocycles. The zero-order chi connectivity index (χ0) is 22.2. The number of nitriles is 1. The van der Waals surface area contributed by atoms with Crippen LogP contribution in [0, 0.1) is 17.2 Å². The van der Waals surface area contributed by atoms with Gasteiger partial charge in [0.05, 0.1) is 10.5 Å². The molecule has 0 spiro atoms. The van der Waals surface area contributed by atoms with E-state index >= 15 is 0 Å². The fourth-order valence-electron chi connectivity index (χ4n) is 4.47. The largest absolute Gasteiger partial charge is 0.312 e. The Bertz CT molecular complexity index is 1130. The molecule has 164 valence electrons. The summed E-state index contributed by atoms with van der Waals surface area (Å²) in [7, 11) is -3.57. The number of carbonyl (C=O) groups excluding carboxylic acids is 1. The van der Waals surface area contributed by atoms with Crippen LogP contribution < -0.4 is 5.32 Å².